The predicted molar refractivity (Wildman–Crippen MR) is 76.1 cm³/mol. The van der Waals surface area contributed by atoms with Gasteiger partial charge in [-0.25, -0.2) is 0 Å². The van der Waals surface area contributed by atoms with Gasteiger partial charge in [0.05, 0.1) is 12.2 Å². The van der Waals surface area contributed by atoms with Gasteiger partial charge in [0.25, 0.3) is 0 Å². The highest BCUT2D eigenvalue weighted by molar-refractivity contribution is 7.80. The van der Waals surface area contributed by atoms with Crippen molar-refractivity contribution in [1.29, 1.82) is 0 Å². The van der Waals surface area contributed by atoms with Gasteiger partial charge in [0.2, 0.25) is 5.91 Å². The number of amides is 1. The van der Waals surface area contributed by atoms with E-state index in [9.17, 15) is 4.79 Å². The van der Waals surface area contributed by atoms with E-state index in [1.54, 1.807) is 25.2 Å². The van der Waals surface area contributed by atoms with Crippen LogP contribution in [0, 0.1) is 0 Å². The Morgan fingerprint density at radius 2 is 2.28 bits per heavy atom. The van der Waals surface area contributed by atoms with Crippen molar-refractivity contribution in [1.82, 2.24) is 5.32 Å². The molecule has 0 unspecified atom stereocenters. The highest BCUT2D eigenvalue weighted by Crippen LogP contribution is 2.23. The van der Waals surface area contributed by atoms with Crippen LogP contribution in [0.3, 0.4) is 0 Å². The minimum atomic E-state index is -0.0146. The average Bonchev–Trinajstić information content (AvgIpc) is 2.34. The number of benzene rings is 1. The number of rotatable bonds is 6. The van der Waals surface area contributed by atoms with E-state index in [0.29, 0.717) is 35.8 Å². The second kappa shape index (κ2) is 7.18. The second-order valence-electron chi connectivity index (χ2n) is 3.63. The molecule has 0 atom stereocenters. The van der Waals surface area contributed by atoms with Gasteiger partial charge < -0.3 is 15.8 Å². The van der Waals surface area contributed by atoms with Gasteiger partial charge >= 0.3 is 0 Å². The zero-order valence-electron chi connectivity index (χ0n) is 10.0. The summed E-state index contributed by atoms with van der Waals surface area (Å²) < 4.78 is 5.54. The third-order valence-electron chi connectivity index (χ3n) is 2.29. The van der Waals surface area contributed by atoms with Gasteiger partial charge in [0.15, 0.2) is 0 Å². The van der Waals surface area contributed by atoms with Crippen molar-refractivity contribution in [3.63, 3.8) is 0 Å². The third kappa shape index (κ3) is 4.50. The molecule has 1 rings (SSSR count). The molecule has 3 N–H and O–H groups in total. The smallest absolute Gasteiger partial charge is 0.219 e. The van der Waals surface area contributed by atoms with E-state index >= 15 is 0 Å². The van der Waals surface area contributed by atoms with E-state index in [1.165, 1.54) is 0 Å². The fraction of sp³-hybridized carbons (Fsp3) is 0.333. The Kier molecular flexibility index (Phi) is 5.88. The van der Waals surface area contributed by atoms with Crippen LogP contribution in [0.1, 0.15) is 18.4 Å². The van der Waals surface area contributed by atoms with E-state index in [0.717, 1.165) is 0 Å². The number of nitrogens with one attached hydrogen (secondary N) is 1. The number of carbonyl (C=O) groups excluding carboxylic acids is 1. The van der Waals surface area contributed by atoms with E-state index in [2.05, 4.69) is 5.32 Å². The molecule has 6 heteroatoms. The van der Waals surface area contributed by atoms with Gasteiger partial charge in [-0.2, -0.15) is 0 Å². The second-order valence-corrected chi connectivity index (χ2v) is 4.51. The Morgan fingerprint density at radius 3 is 2.89 bits per heavy atom. The lowest BCUT2D eigenvalue weighted by Crippen LogP contribution is -2.18. The fourth-order valence-electron chi connectivity index (χ4n) is 1.36. The van der Waals surface area contributed by atoms with Crippen LogP contribution in [-0.4, -0.2) is 24.6 Å². The molecule has 0 spiro atoms. The lowest BCUT2D eigenvalue weighted by atomic mass is 10.2. The van der Waals surface area contributed by atoms with Crippen LogP contribution in [0.15, 0.2) is 18.2 Å². The third-order valence-corrected chi connectivity index (χ3v) is 2.75. The van der Waals surface area contributed by atoms with Crippen LogP contribution in [0.4, 0.5) is 0 Å². The molecule has 0 saturated carbocycles. The molecule has 18 heavy (non-hydrogen) atoms. The van der Waals surface area contributed by atoms with Crippen LogP contribution in [0.5, 0.6) is 5.75 Å². The molecule has 0 aromatic heterocycles. The monoisotopic (exact) mass is 286 g/mol. The number of hydrogen-bond donors (Lipinski definition) is 2. The van der Waals surface area contributed by atoms with Crippen LogP contribution >= 0.6 is 23.8 Å². The Labute approximate surface area is 116 Å². The number of carbonyl (C=O) groups is 1. The quantitative estimate of drug-likeness (QED) is 0.619. The van der Waals surface area contributed by atoms with E-state index in [4.69, 9.17) is 34.3 Å². The molecule has 0 saturated heterocycles. The normalized spacial score (nSPS) is 9.89. The average molecular weight is 287 g/mol. The standard InChI is InChI=1S/C12H15ClN2O2S/c1-15-11(16)3-2-6-17-10-7-8(13)4-5-9(10)12(14)18/h4-5,7H,2-3,6H2,1H3,(H2,14,18)(H,15,16). The Bertz CT molecular complexity index is 452. The first-order valence-electron chi connectivity index (χ1n) is 5.47. The number of thiocarbonyl (C=S) groups is 1. The highest BCUT2D eigenvalue weighted by atomic mass is 35.5. The van der Waals surface area contributed by atoms with Crippen molar-refractivity contribution in [3.05, 3.63) is 28.8 Å². The zero-order valence-corrected chi connectivity index (χ0v) is 11.6. The SMILES string of the molecule is CNC(=O)CCCOc1cc(Cl)ccc1C(N)=S. The van der Waals surface area contributed by atoms with Crippen molar-refractivity contribution in [2.75, 3.05) is 13.7 Å². The van der Waals surface area contributed by atoms with E-state index in [-0.39, 0.29) is 10.9 Å². The van der Waals surface area contributed by atoms with Crippen molar-refractivity contribution in [3.8, 4) is 5.75 Å². The summed E-state index contributed by atoms with van der Waals surface area (Å²) in [4.78, 5) is 11.3. The van der Waals surface area contributed by atoms with Crippen LogP contribution < -0.4 is 15.8 Å². The maximum atomic E-state index is 11.0. The highest BCUT2D eigenvalue weighted by Gasteiger charge is 2.07. The largest absolute Gasteiger partial charge is 0.493 e. The fourth-order valence-corrected chi connectivity index (χ4v) is 1.69. The summed E-state index contributed by atoms with van der Waals surface area (Å²) in [6.07, 6.45) is 1.03. The minimum Gasteiger partial charge on any atom is -0.493 e. The Hall–Kier alpha value is -1.33. The Balaban J connectivity index is 2.58. The molecule has 1 aromatic rings. The van der Waals surface area contributed by atoms with Crippen LogP contribution in [0.25, 0.3) is 0 Å². The summed E-state index contributed by atoms with van der Waals surface area (Å²) in [5.74, 6) is 0.533. The van der Waals surface area contributed by atoms with Crippen LogP contribution in [0.2, 0.25) is 5.02 Å². The summed E-state index contributed by atoms with van der Waals surface area (Å²) in [6.45, 7) is 0.406. The molecule has 0 heterocycles. The molecular weight excluding hydrogens is 272 g/mol. The molecular formula is C12H15ClN2O2S. The molecule has 0 aliphatic heterocycles. The molecule has 98 valence electrons. The first kappa shape index (κ1) is 14.7. The van der Waals surface area contributed by atoms with Crippen molar-refractivity contribution in [2.24, 2.45) is 5.73 Å². The van der Waals surface area contributed by atoms with Crippen molar-refractivity contribution >= 4 is 34.7 Å². The number of hydrogen-bond acceptors (Lipinski definition) is 3. The number of halogens is 1. The van der Waals surface area contributed by atoms with Gasteiger partial charge in [-0.15, -0.1) is 0 Å². The lowest BCUT2D eigenvalue weighted by molar-refractivity contribution is -0.120. The maximum Gasteiger partial charge on any atom is 0.219 e. The topological polar surface area (TPSA) is 64.3 Å². The van der Waals surface area contributed by atoms with E-state index in [1.807, 2.05) is 0 Å². The van der Waals surface area contributed by atoms with Gasteiger partial charge in [-0.3, -0.25) is 4.79 Å². The van der Waals surface area contributed by atoms with Crippen molar-refractivity contribution < 1.29 is 9.53 Å². The molecule has 0 aliphatic rings. The van der Waals surface area contributed by atoms with Gasteiger partial charge in [0, 0.05) is 18.5 Å². The molecule has 4 nitrogen and oxygen atoms in total. The first-order chi connectivity index (χ1) is 8.54. The molecule has 0 fully saturated rings. The predicted octanol–water partition coefficient (Wildman–Crippen LogP) is 1.88. The molecule has 1 amide bonds. The summed E-state index contributed by atoms with van der Waals surface area (Å²) in [5.41, 5.74) is 6.23. The zero-order chi connectivity index (χ0) is 13.5. The molecule has 1 aromatic carbocycles. The maximum absolute atomic E-state index is 11.0. The molecule has 0 aliphatic carbocycles. The first-order valence-corrected chi connectivity index (χ1v) is 6.26. The summed E-state index contributed by atoms with van der Waals surface area (Å²) in [5, 5.41) is 3.10. The van der Waals surface area contributed by atoms with E-state index < -0.39 is 0 Å². The summed E-state index contributed by atoms with van der Waals surface area (Å²) in [6, 6.07) is 5.09. The summed E-state index contributed by atoms with van der Waals surface area (Å²) >= 11 is 10.8. The van der Waals surface area contributed by atoms with Gasteiger partial charge in [-0.1, -0.05) is 23.8 Å². The number of nitrogens with two attached hydrogens (primary N) is 1. The van der Waals surface area contributed by atoms with Crippen molar-refractivity contribution in [2.45, 2.75) is 12.8 Å². The minimum absolute atomic E-state index is 0.0146. The lowest BCUT2D eigenvalue weighted by Gasteiger charge is -2.10. The molecule has 0 radical (unpaired) electrons. The summed E-state index contributed by atoms with van der Waals surface area (Å²) in [7, 11) is 1.60. The number of ether oxygens (including phenoxy) is 1. The Morgan fingerprint density at radius 1 is 1.56 bits per heavy atom. The van der Waals surface area contributed by atoms with Crippen LogP contribution in [-0.2, 0) is 4.79 Å². The molecule has 0 bridgehead atoms. The van der Waals surface area contributed by atoms with Gasteiger partial charge in [-0.05, 0) is 24.6 Å². The van der Waals surface area contributed by atoms with Gasteiger partial charge in [0.1, 0.15) is 10.7 Å².